The highest BCUT2D eigenvalue weighted by atomic mass is 16.3. The average Bonchev–Trinajstić information content (AvgIpc) is 2.26. The van der Waals surface area contributed by atoms with Gasteiger partial charge in [-0.3, -0.25) is 0 Å². The zero-order chi connectivity index (χ0) is 12.3. The first-order chi connectivity index (χ1) is 7.36. The van der Waals surface area contributed by atoms with Gasteiger partial charge in [0.1, 0.15) is 6.10 Å². The third kappa shape index (κ3) is 3.04. The lowest BCUT2D eigenvalue weighted by atomic mass is 9.85. The molecule has 3 nitrogen and oxygen atoms in total. The lowest BCUT2D eigenvalue weighted by Crippen LogP contribution is -2.27. The summed E-state index contributed by atoms with van der Waals surface area (Å²) in [5.41, 5.74) is 7.20. The van der Waals surface area contributed by atoms with E-state index in [-0.39, 0.29) is 12.0 Å². The highest BCUT2D eigenvalue weighted by Gasteiger charge is 2.19. The summed E-state index contributed by atoms with van der Waals surface area (Å²) in [5.74, 6) is 0. The van der Waals surface area contributed by atoms with E-state index in [1.54, 1.807) is 6.07 Å². The summed E-state index contributed by atoms with van der Waals surface area (Å²) in [7, 11) is 0. The van der Waals surface area contributed by atoms with Crippen molar-refractivity contribution in [2.75, 3.05) is 6.54 Å². The molecule has 0 fully saturated rings. The molecule has 90 valence electrons. The maximum Gasteiger partial charge on any atom is 0.106 e. The Hall–Kier alpha value is -0.900. The van der Waals surface area contributed by atoms with Crippen LogP contribution in [0.25, 0.3) is 0 Å². The second-order valence-electron chi connectivity index (χ2n) is 5.12. The lowest BCUT2D eigenvalue weighted by molar-refractivity contribution is 0.0243. The minimum Gasteiger partial charge on any atom is -0.389 e. The SMILES string of the molecule is CC(C)(C)c1cccc(C(O)C(O)CN)c1. The maximum absolute atomic E-state index is 9.85. The van der Waals surface area contributed by atoms with Gasteiger partial charge in [-0.2, -0.15) is 0 Å². The summed E-state index contributed by atoms with van der Waals surface area (Å²) >= 11 is 0. The van der Waals surface area contributed by atoms with Gasteiger partial charge in [-0.05, 0) is 16.5 Å². The summed E-state index contributed by atoms with van der Waals surface area (Å²) in [4.78, 5) is 0. The van der Waals surface area contributed by atoms with Crippen molar-refractivity contribution in [2.45, 2.75) is 38.4 Å². The number of rotatable bonds is 3. The zero-order valence-electron chi connectivity index (χ0n) is 10.1. The highest BCUT2D eigenvalue weighted by molar-refractivity contribution is 5.30. The Labute approximate surface area is 96.9 Å². The van der Waals surface area contributed by atoms with Gasteiger partial charge in [-0.25, -0.2) is 0 Å². The van der Waals surface area contributed by atoms with Crippen LogP contribution in [0, 0.1) is 0 Å². The fourth-order valence-electron chi connectivity index (χ4n) is 1.54. The van der Waals surface area contributed by atoms with Gasteiger partial charge >= 0.3 is 0 Å². The topological polar surface area (TPSA) is 66.5 Å². The minimum atomic E-state index is -0.910. The van der Waals surface area contributed by atoms with Crippen LogP contribution in [0.1, 0.15) is 38.0 Å². The van der Waals surface area contributed by atoms with Crippen molar-refractivity contribution in [2.24, 2.45) is 5.73 Å². The van der Waals surface area contributed by atoms with Crippen LogP contribution in [0.2, 0.25) is 0 Å². The van der Waals surface area contributed by atoms with Crippen molar-refractivity contribution in [1.82, 2.24) is 0 Å². The molecule has 0 amide bonds. The van der Waals surface area contributed by atoms with E-state index in [9.17, 15) is 10.2 Å². The van der Waals surface area contributed by atoms with Gasteiger partial charge in [-0.15, -0.1) is 0 Å². The van der Waals surface area contributed by atoms with E-state index in [0.717, 1.165) is 5.56 Å². The Balaban J connectivity index is 2.99. The molecule has 1 rings (SSSR count). The number of hydrogen-bond acceptors (Lipinski definition) is 3. The third-order valence-electron chi connectivity index (χ3n) is 2.70. The van der Waals surface area contributed by atoms with Crippen molar-refractivity contribution in [3.8, 4) is 0 Å². The van der Waals surface area contributed by atoms with Crippen molar-refractivity contribution in [3.05, 3.63) is 35.4 Å². The van der Waals surface area contributed by atoms with Crippen LogP contribution >= 0.6 is 0 Å². The summed E-state index contributed by atoms with van der Waals surface area (Å²) in [6.45, 7) is 6.38. The van der Waals surface area contributed by atoms with Gasteiger partial charge in [0, 0.05) is 6.54 Å². The molecule has 0 aliphatic carbocycles. The largest absolute Gasteiger partial charge is 0.389 e. The number of benzene rings is 1. The molecule has 0 aromatic heterocycles. The first-order valence-corrected chi connectivity index (χ1v) is 5.53. The number of aliphatic hydroxyl groups is 2. The smallest absolute Gasteiger partial charge is 0.106 e. The second kappa shape index (κ2) is 4.95. The third-order valence-corrected chi connectivity index (χ3v) is 2.70. The predicted octanol–water partition coefficient (Wildman–Crippen LogP) is 1.34. The molecule has 0 saturated heterocycles. The molecular formula is C13H21NO2. The van der Waals surface area contributed by atoms with Crippen molar-refractivity contribution in [3.63, 3.8) is 0 Å². The van der Waals surface area contributed by atoms with Gasteiger partial charge in [0.15, 0.2) is 0 Å². The van der Waals surface area contributed by atoms with Crippen LogP contribution in [0.15, 0.2) is 24.3 Å². The molecule has 4 N–H and O–H groups in total. The Kier molecular flexibility index (Phi) is 4.08. The minimum absolute atomic E-state index is 0.0311. The van der Waals surface area contributed by atoms with Gasteiger partial charge in [0.2, 0.25) is 0 Å². The molecule has 2 atom stereocenters. The molecule has 0 saturated carbocycles. The van der Waals surface area contributed by atoms with Crippen LogP contribution < -0.4 is 5.73 Å². The van der Waals surface area contributed by atoms with E-state index in [0.29, 0.717) is 5.56 Å². The van der Waals surface area contributed by atoms with Gasteiger partial charge in [0.05, 0.1) is 6.10 Å². The average molecular weight is 223 g/mol. The lowest BCUT2D eigenvalue weighted by Gasteiger charge is -2.22. The molecule has 16 heavy (non-hydrogen) atoms. The van der Waals surface area contributed by atoms with Crippen LogP contribution in [0.4, 0.5) is 0 Å². The van der Waals surface area contributed by atoms with Crippen LogP contribution in [0.5, 0.6) is 0 Å². The molecule has 0 spiro atoms. The number of aliphatic hydroxyl groups excluding tert-OH is 2. The first-order valence-electron chi connectivity index (χ1n) is 5.53. The van der Waals surface area contributed by atoms with Crippen LogP contribution in [-0.2, 0) is 5.41 Å². The van der Waals surface area contributed by atoms with Crippen LogP contribution in [-0.4, -0.2) is 22.9 Å². The summed E-state index contributed by atoms with van der Waals surface area (Å²) < 4.78 is 0. The molecule has 0 heterocycles. The molecule has 2 unspecified atom stereocenters. The molecule has 0 bridgehead atoms. The van der Waals surface area contributed by atoms with Crippen molar-refractivity contribution >= 4 is 0 Å². The summed E-state index contributed by atoms with van der Waals surface area (Å²) in [6, 6.07) is 7.63. The molecule has 0 aliphatic heterocycles. The second-order valence-corrected chi connectivity index (χ2v) is 5.12. The Bertz CT molecular complexity index is 344. The van der Waals surface area contributed by atoms with Gasteiger partial charge in [-0.1, -0.05) is 45.0 Å². The Morgan fingerprint density at radius 1 is 1.25 bits per heavy atom. The van der Waals surface area contributed by atoms with E-state index in [1.165, 1.54) is 0 Å². The van der Waals surface area contributed by atoms with E-state index in [4.69, 9.17) is 5.73 Å². The molecule has 3 heteroatoms. The highest BCUT2D eigenvalue weighted by Crippen LogP contribution is 2.25. The normalized spacial score (nSPS) is 15.9. The molecule has 0 radical (unpaired) electrons. The van der Waals surface area contributed by atoms with Crippen molar-refractivity contribution < 1.29 is 10.2 Å². The fourth-order valence-corrected chi connectivity index (χ4v) is 1.54. The summed E-state index contributed by atoms with van der Waals surface area (Å²) in [5, 5.41) is 19.3. The van der Waals surface area contributed by atoms with E-state index >= 15 is 0 Å². The van der Waals surface area contributed by atoms with Crippen molar-refractivity contribution in [1.29, 1.82) is 0 Å². The van der Waals surface area contributed by atoms with Gasteiger partial charge in [0.25, 0.3) is 0 Å². The van der Waals surface area contributed by atoms with Gasteiger partial charge < -0.3 is 15.9 Å². The molecular weight excluding hydrogens is 202 g/mol. The summed E-state index contributed by atoms with van der Waals surface area (Å²) in [6.07, 6.45) is -1.82. The van der Waals surface area contributed by atoms with E-state index < -0.39 is 12.2 Å². The van der Waals surface area contributed by atoms with E-state index in [1.807, 2.05) is 18.2 Å². The first kappa shape index (κ1) is 13.2. The zero-order valence-corrected chi connectivity index (χ0v) is 10.1. The van der Waals surface area contributed by atoms with Crippen LogP contribution in [0.3, 0.4) is 0 Å². The molecule has 1 aromatic rings. The number of hydrogen-bond donors (Lipinski definition) is 3. The Morgan fingerprint density at radius 2 is 1.88 bits per heavy atom. The molecule has 0 aliphatic rings. The molecule has 1 aromatic carbocycles. The standard InChI is InChI=1S/C13H21NO2/c1-13(2,3)10-6-4-5-9(7-10)12(16)11(15)8-14/h4-7,11-12,15-16H,8,14H2,1-3H3. The quantitative estimate of drug-likeness (QED) is 0.724. The Morgan fingerprint density at radius 3 is 2.38 bits per heavy atom. The fraction of sp³-hybridized carbons (Fsp3) is 0.538. The van der Waals surface area contributed by atoms with E-state index in [2.05, 4.69) is 20.8 Å². The number of nitrogens with two attached hydrogens (primary N) is 1. The monoisotopic (exact) mass is 223 g/mol. The predicted molar refractivity (Wildman–Crippen MR) is 65.2 cm³/mol. The maximum atomic E-state index is 9.85.